The molecule has 0 amide bonds. The largest absolute Gasteiger partial charge is 0.497 e. The Hall–Kier alpha value is -1.32. The van der Waals surface area contributed by atoms with E-state index in [9.17, 15) is 0 Å². The summed E-state index contributed by atoms with van der Waals surface area (Å²) in [7, 11) is 1.70. The monoisotopic (exact) mass is 247 g/mol. The van der Waals surface area contributed by atoms with Gasteiger partial charge in [-0.2, -0.15) is 11.3 Å². The van der Waals surface area contributed by atoms with Crippen LogP contribution in [-0.4, -0.2) is 7.11 Å². The molecular formula is C14H17NOS. The summed E-state index contributed by atoms with van der Waals surface area (Å²) in [5.74, 6) is 0.909. The second-order valence-corrected chi connectivity index (χ2v) is 4.79. The molecule has 0 bridgehead atoms. The van der Waals surface area contributed by atoms with E-state index in [1.54, 1.807) is 18.4 Å². The fourth-order valence-electron chi connectivity index (χ4n) is 1.69. The topological polar surface area (TPSA) is 21.3 Å². The summed E-state index contributed by atoms with van der Waals surface area (Å²) in [6, 6.07) is 10.7. The molecule has 3 heteroatoms. The van der Waals surface area contributed by atoms with Crippen LogP contribution in [0.4, 0.5) is 0 Å². The first-order valence-corrected chi connectivity index (χ1v) is 6.62. The van der Waals surface area contributed by atoms with Gasteiger partial charge in [0.15, 0.2) is 0 Å². The molecular weight excluding hydrogens is 230 g/mol. The lowest BCUT2D eigenvalue weighted by Gasteiger charge is -2.14. The smallest absolute Gasteiger partial charge is 0.119 e. The first kappa shape index (κ1) is 12.1. The molecule has 1 heterocycles. The fraction of sp³-hybridized carbons (Fsp3) is 0.286. The second kappa shape index (κ2) is 5.84. The molecule has 90 valence electrons. The number of ether oxygens (including phenoxy) is 1. The first-order chi connectivity index (χ1) is 8.29. The van der Waals surface area contributed by atoms with Gasteiger partial charge in [0.1, 0.15) is 5.75 Å². The van der Waals surface area contributed by atoms with Crippen LogP contribution >= 0.6 is 11.3 Å². The molecule has 2 nitrogen and oxygen atoms in total. The van der Waals surface area contributed by atoms with Crippen LogP contribution in [0.5, 0.6) is 5.75 Å². The zero-order valence-electron chi connectivity index (χ0n) is 10.1. The maximum atomic E-state index is 5.23. The van der Waals surface area contributed by atoms with Gasteiger partial charge in [0.2, 0.25) is 0 Å². The number of hydrogen-bond donors (Lipinski definition) is 1. The summed E-state index contributed by atoms with van der Waals surface area (Å²) in [4.78, 5) is 0. The molecule has 1 aromatic carbocycles. The standard InChI is InChI=1S/C14H17NOS/c1-11(15-9-12-6-7-17-10-12)13-4-3-5-14(8-13)16-2/h3-8,10-11,15H,9H2,1-2H3/t11-/m0/s1. The molecule has 0 fully saturated rings. The Bertz CT molecular complexity index is 453. The lowest BCUT2D eigenvalue weighted by atomic mass is 10.1. The fourth-order valence-corrected chi connectivity index (χ4v) is 2.36. The summed E-state index contributed by atoms with van der Waals surface area (Å²) in [6.07, 6.45) is 0. The van der Waals surface area contributed by atoms with Crippen molar-refractivity contribution < 1.29 is 4.74 Å². The van der Waals surface area contributed by atoms with Gasteiger partial charge in [0, 0.05) is 12.6 Å². The molecule has 0 radical (unpaired) electrons. The van der Waals surface area contributed by atoms with Crippen LogP contribution < -0.4 is 10.1 Å². The van der Waals surface area contributed by atoms with Gasteiger partial charge < -0.3 is 10.1 Å². The Morgan fingerprint density at radius 2 is 2.24 bits per heavy atom. The molecule has 0 saturated carbocycles. The number of thiophene rings is 1. The zero-order chi connectivity index (χ0) is 12.1. The molecule has 2 rings (SSSR count). The van der Waals surface area contributed by atoms with E-state index in [4.69, 9.17) is 4.74 Å². The number of nitrogens with one attached hydrogen (secondary N) is 1. The molecule has 0 aliphatic heterocycles. The summed E-state index contributed by atoms with van der Waals surface area (Å²) in [6.45, 7) is 3.07. The minimum absolute atomic E-state index is 0.324. The van der Waals surface area contributed by atoms with Crippen molar-refractivity contribution in [2.45, 2.75) is 19.5 Å². The van der Waals surface area contributed by atoms with Crippen LogP contribution in [0.3, 0.4) is 0 Å². The number of rotatable bonds is 5. The van der Waals surface area contributed by atoms with Crippen LogP contribution in [0.1, 0.15) is 24.1 Å². The van der Waals surface area contributed by atoms with E-state index in [0.29, 0.717) is 6.04 Å². The molecule has 1 N–H and O–H groups in total. The van der Waals surface area contributed by atoms with E-state index in [1.165, 1.54) is 11.1 Å². The molecule has 0 unspecified atom stereocenters. The summed E-state index contributed by atoms with van der Waals surface area (Å²) in [5, 5.41) is 7.78. The average Bonchev–Trinajstić information content (AvgIpc) is 2.89. The summed E-state index contributed by atoms with van der Waals surface area (Å²) in [5.41, 5.74) is 2.59. The van der Waals surface area contributed by atoms with Crippen LogP contribution in [0, 0.1) is 0 Å². The van der Waals surface area contributed by atoms with Gasteiger partial charge in [-0.1, -0.05) is 12.1 Å². The SMILES string of the molecule is COc1cccc([C@H](C)NCc2ccsc2)c1. The quantitative estimate of drug-likeness (QED) is 0.871. The van der Waals surface area contributed by atoms with Crippen LogP contribution in [0.2, 0.25) is 0 Å². The Labute approximate surface area is 106 Å². The third-order valence-electron chi connectivity index (χ3n) is 2.79. The second-order valence-electron chi connectivity index (χ2n) is 4.01. The highest BCUT2D eigenvalue weighted by Gasteiger charge is 2.05. The van der Waals surface area contributed by atoms with Crippen molar-refractivity contribution in [2.24, 2.45) is 0 Å². The first-order valence-electron chi connectivity index (χ1n) is 5.68. The molecule has 0 saturated heterocycles. The van der Waals surface area contributed by atoms with Crippen LogP contribution in [-0.2, 0) is 6.54 Å². The molecule has 1 atom stereocenters. The maximum absolute atomic E-state index is 5.23. The van der Waals surface area contributed by atoms with E-state index < -0.39 is 0 Å². The molecule has 2 aromatic rings. The van der Waals surface area contributed by atoms with Gasteiger partial charge >= 0.3 is 0 Å². The van der Waals surface area contributed by atoms with Crippen molar-refractivity contribution in [3.05, 3.63) is 52.2 Å². The van der Waals surface area contributed by atoms with E-state index in [-0.39, 0.29) is 0 Å². The van der Waals surface area contributed by atoms with E-state index >= 15 is 0 Å². The Kier molecular flexibility index (Phi) is 4.18. The summed E-state index contributed by atoms with van der Waals surface area (Å²) >= 11 is 1.73. The van der Waals surface area contributed by atoms with Crippen molar-refractivity contribution in [1.29, 1.82) is 0 Å². The Balaban J connectivity index is 1.96. The molecule has 17 heavy (non-hydrogen) atoms. The van der Waals surface area contributed by atoms with Crippen molar-refractivity contribution in [3.8, 4) is 5.75 Å². The average molecular weight is 247 g/mol. The number of benzene rings is 1. The van der Waals surface area contributed by atoms with Crippen molar-refractivity contribution in [1.82, 2.24) is 5.32 Å². The molecule has 0 aliphatic carbocycles. The lowest BCUT2D eigenvalue weighted by Crippen LogP contribution is -2.17. The lowest BCUT2D eigenvalue weighted by molar-refractivity contribution is 0.413. The van der Waals surface area contributed by atoms with Crippen LogP contribution in [0.15, 0.2) is 41.1 Å². The van der Waals surface area contributed by atoms with Gasteiger partial charge in [-0.05, 0) is 47.0 Å². The van der Waals surface area contributed by atoms with Crippen molar-refractivity contribution in [2.75, 3.05) is 7.11 Å². The third kappa shape index (κ3) is 3.32. The van der Waals surface area contributed by atoms with Gasteiger partial charge in [0.25, 0.3) is 0 Å². The van der Waals surface area contributed by atoms with Crippen molar-refractivity contribution in [3.63, 3.8) is 0 Å². The Morgan fingerprint density at radius 3 is 2.94 bits per heavy atom. The van der Waals surface area contributed by atoms with Crippen LogP contribution in [0.25, 0.3) is 0 Å². The van der Waals surface area contributed by atoms with Gasteiger partial charge in [-0.25, -0.2) is 0 Å². The maximum Gasteiger partial charge on any atom is 0.119 e. The molecule has 0 aliphatic rings. The predicted octanol–water partition coefficient (Wildman–Crippen LogP) is 3.61. The van der Waals surface area contributed by atoms with E-state index in [2.05, 4.69) is 41.2 Å². The number of hydrogen-bond acceptors (Lipinski definition) is 3. The minimum Gasteiger partial charge on any atom is -0.497 e. The number of methoxy groups -OCH3 is 1. The highest BCUT2D eigenvalue weighted by molar-refractivity contribution is 7.07. The molecule has 1 aromatic heterocycles. The minimum atomic E-state index is 0.324. The van der Waals surface area contributed by atoms with Gasteiger partial charge in [-0.3, -0.25) is 0 Å². The highest BCUT2D eigenvalue weighted by atomic mass is 32.1. The zero-order valence-corrected chi connectivity index (χ0v) is 11.0. The van der Waals surface area contributed by atoms with E-state index in [1.807, 2.05) is 12.1 Å². The Morgan fingerprint density at radius 1 is 1.35 bits per heavy atom. The normalized spacial score (nSPS) is 12.4. The van der Waals surface area contributed by atoms with E-state index in [0.717, 1.165) is 12.3 Å². The third-order valence-corrected chi connectivity index (χ3v) is 3.52. The predicted molar refractivity (Wildman–Crippen MR) is 72.6 cm³/mol. The highest BCUT2D eigenvalue weighted by Crippen LogP contribution is 2.19. The molecule has 0 spiro atoms. The van der Waals surface area contributed by atoms with Crippen molar-refractivity contribution >= 4 is 11.3 Å². The van der Waals surface area contributed by atoms with Gasteiger partial charge in [0.05, 0.1) is 7.11 Å². The van der Waals surface area contributed by atoms with Gasteiger partial charge in [-0.15, -0.1) is 0 Å². The summed E-state index contributed by atoms with van der Waals surface area (Å²) < 4.78 is 5.23.